The third-order valence-electron chi connectivity index (χ3n) is 5.07. The molecular weight excluding hydrogens is 467 g/mol. The summed E-state index contributed by atoms with van der Waals surface area (Å²) in [6.45, 7) is 4.80. The Balaban J connectivity index is 1.92. The van der Waals surface area contributed by atoms with Crippen molar-refractivity contribution < 1.29 is 23.8 Å². The number of hydrogen-bond acceptors (Lipinski definition) is 7. The third kappa shape index (κ3) is 7.70. The zero-order valence-electron chi connectivity index (χ0n) is 20.3. The monoisotopic (exact) mass is 496 g/mol. The van der Waals surface area contributed by atoms with Gasteiger partial charge in [-0.15, -0.1) is 0 Å². The minimum Gasteiger partial charge on any atom is -0.475 e. The number of urea groups is 1. The summed E-state index contributed by atoms with van der Waals surface area (Å²) in [5.74, 6) is 0.640. The maximum atomic E-state index is 13.6. The molecule has 0 aliphatic rings. The van der Waals surface area contributed by atoms with E-state index >= 15 is 0 Å². The quantitative estimate of drug-likeness (QED) is 0.297. The standard InChI is InChI=1S/C25H29FN6O4/c1-16-20(13-19(14-29-16)31-24(35)28-7-5-25(2,3)26)18-10-21(32-23(12-18)36-9-8-33)17-4-6-27-22(11-17)30-15-34/h4,6,10-15,33H,5,7-9H2,1-3H3,(H,27,30,34)(H2,28,31,35). The molecule has 0 fully saturated rings. The minimum absolute atomic E-state index is 0.0544. The molecule has 0 aliphatic heterocycles. The van der Waals surface area contributed by atoms with Gasteiger partial charge in [-0.3, -0.25) is 9.78 Å². The van der Waals surface area contributed by atoms with E-state index in [0.29, 0.717) is 40.4 Å². The maximum Gasteiger partial charge on any atom is 0.319 e. The van der Waals surface area contributed by atoms with Gasteiger partial charge in [0.15, 0.2) is 0 Å². The van der Waals surface area contributed by atoms with Crippen LogP contribution in [0.25, 0.3) is 22.4 Å². The molecule has 4 N–H and O–H groups in total. The Morgan fingerprint density at radius 1 is 1.19 bits per heavy atom. The number of nitrogens with one attached hydrogen (secondary N) is 3. The summed E-state index contributed by atoms with van der Waals surface area (Å²) >= 11 is 0. The number of amides is 3. The molecule has 36 heavy (non-hydrogen) atoms. The number of aryl methyl sites for hydroxylation is 1. The first kappa shape index (κ1) is 26.5. The molecule has 0 spiro atoms. The van der Waals surface area contributed by atoms with E-state index in [4.69, 9.17) is 4.74 Å². The van der Waals surface area contributed by atoms with Crippen LogP contribution in [0.5, 0.6) is 5.88 Å². The molecule has 0 bridgehead atoms. The van der Waals surface area contributed by atoms with E-state index < -0.39 is 11.7 Å². The van der Waals surface area contributed by atoms with E-state index in [9.17, 15) is 19.1 Å². The van der Waals surface area contributed by atoms with Crippen molar-refractivity contribution in [1.29, 1.82) is 0 Å². The normalized spacial score (nSPS) is 11.0. The summed E-state index contributed by atoms with van der Waals surface area (Å²) in [6.07, 6.45) is 3.80. The number of ether oxygens (including phenoxy) is 1. The lowest BCUT2D eigenvalue weighted by molar-refractivity contribution is -0.105. The Morgan fingerprint density at radius 2 is 2.00 bits per heavy atom. The van der Waals surface area contributed by atoms with Gasteiger partial charge in [0.25, 0.3) is 0 Å². The molecule has 3 amide bonds. The molecule has 0 atom stereocenters. The zero-order chi connectivity index (χ0) is 26.1. The Morgan fingerprint density at radius 3 is 2.72 bits per heavy atom. The zero-order valence-corrected chi connectivity index (χ0v) is 20.3. The van der Waals surface area contributed by atoms with Crippen molar-refractivity contribution >= 4 is 23.9 Å². The molecule has 0 aliphatic carbocycles. The number of anilines is 2. The van der Waals surface area contributed by atoms with Crippen LogP contribution in [-0.2, 0) is 4.79 Å². The lowest BCUT2D eigenvalue weighted by atomic mass is 10.0. The summed E-state index contributed by atoms with van der Waals surface area (Å²) in [7, 11) is 0. The van der Waals surface area contributed by atoms with Gasteiger partial charge in [-0.25, -0.2) is 19.2 Å². The molecule has 3 heterocycles. The highest BCUT2D eigenvalue weighted by Crippen LogP contribution is 2.32. The average molecular weight is 497 g/mol. The van der Waals surface area contributed by atoms with E-state index in [1.807, 2.05) is 13.0 Å². The highest BCUT2D eigenvalue weighted by Gasteiger charge is 2.16. The van der Waals surface area contributed by atoms with Gasteiger partial charge in [-0.2, -0.15) is 0 Å². The lowest BCUT2D eigenvalue weighted by Gasteiger charge is -2.15. The molecule has 3 rings (SSSR count). The number of alkyl halides is 1. The predicted molar refractivity (Wildman–Crippen MR) is 135 cm³/mol. The van der Waals surface area contributed by atoms with Crippen LogP contribution in [0, 0.1) is 6.92 Å². The van der Waals surface area contributed by atoms with Crippen molar-refractivity contribution in [3.8, 4) is 28.3 Å². The van der Waals surface area contributed by atoms with E-state index in [-0.39, 0.29) is 32.1 Å². The molecule has 0 radical (unpaired) electrons. The highest BCUT2D eigenvalue weighted by molar-refractivity contribution is 5.90. The fourth-order valence-electron chi connectivity index (χ4n) is 3.30. The van der Waals surface area contributed by atoms with Gasteiger partial charge in [-0.1, -0.05) is 0 Å². The second-order valence-electron chi connectivity index (χ2n) is 8.55. The summed E-state index contributed by atoms with van der Waals surface area (Å²) < 4.78 is 19.2. The summed E-state index contributed by atoms with van der Waals surface area (Å²) in [4.78, 5) is 36.1. The number of pyridine rings is 3. The largest absolute Gasteiger partial charge is 0.475 e. The number of aliphatic hydroxyl groups excluding tert-OH is 1. The van der Waals surface area contributed by atoms with Crippen LogP contribution in [0.15, 0.2) is 42.7 Å². The Labute approximate surface area is 208 Å². The number of rotatable bonds is 11. The van der Waals surface area contributed by atoms with Gasteiger partial charge < -0.3 is 25.8 Å². The van der Waals surface area contributed by atoms with E-state index in [1.165, 1.54) is 20.0 Å². The van der Waals surface area contributed by atoms with E-state index in [1.54, 1.807) is 30.5 Å². The fourth-order valence-corrected chi connectivity index (χ4v) is 3.30. The first-order chi connectivity index (χ1) is 17.2. The number of aliphatic hydroxyl groups is 1. The molecule has 3 aromatic heterocycles. The van der Waals surface area contributed by atoms with Crippen molar-refractivity contribution in [2.75, 3.05) is 30.4 Å². The molecule has 10 nitrogen and oxygen atoms in total. The molecule has 0 aromatic carbocycles. The molecule has 0 unspecified atom stereocenters. The number of carbonyl (C=O) groups excluding carboxylic acids is 2. The van der Waals surface area contributed by atoms with Crippen LogP contribution in [0.3, 0.4) is 0 Å². The number of hydrogen-bond donors (Lipinski definition) is 4. The maximum absolute atomic E-state index is 13.6. The summed E-state index contributed by atoms with van der Waals surface area (Å²) in [6, 6.07) is 8.24. The van der Waals surface area contributed by atoms with Crippen molar-refractivity contribution in [1.82, 2.24) is 20.3 Å². The first-order valence-corrected chi connectivity index (χ1v) is 11.3. The molecule has 3 aromatic rings. The van der Waals surface area contributed by atoms with Crippen LogP contribution >= 0.6 is 0 Å². The second kappa shape index (κ2) is 12.0. The number of nitrogens with zero attached hydrogens (tertiary/aromatic N) is 3. The number of carbonyl (C=O) groups is 2. The lowest BCUT2D eigenvalue weighted by Crippen LogP contribution is -2.32. The van der Waals surface area contributed by atoms with Crippen LogP contribution in [-0.4, -0.2) is 57.9 Å². The number of halogens is 1. The third-order valence-corrected chi connectivity index (χ3v) is 5.07. The van der Waals surface area contributed by atoms with E-state index in [0.717, 1.165) is 5.56 Å². The van der Waals surface area contributed by atoms with Gasteiger partial charge in [0.2, 0.25) is 12.3 Å². The van der Waals surface area contributed by atoms with Crippen molar-refractivity contribution in [3.05, 3.63) is 48.4 Å². The van der Waals surface area contributed by atoms with Crippen LogP contribution in [0.1, 0.15) is 26.0 Å². The van der Waals surface area contributed by atoms with Gasteiger partial charge in [0, 0.05) is 35.6 Å². The van der Waals surface area contributed by atoms with Crippen molar-refractivity contribution in [2.24, 2.45) is 0 Å². The molecule has 11 heteroatoms. The minimum atomic E-state index is -1.38. The molecule has 0 saturated heterocycles. The second-order valence-corrected chi connectivity index (χ2v) is 8.55. The predicted octanol–water partition coefficient (Wildman–Crippen LogP) is 3.71. The van der Waals surface area contributed by atoms with E-state index in [2.05, 4.69) is 30.9 Å². The van der Waals surface area contributed by atoms with Crippen molar-refractivity contribution in [3.63, 3.8) is 0 Å². The SMILES string of the molecule is Cc1ncc(NC(=O)NCCC(C)(C)F)cc1-c1cc(OCCO)nc(-c2ccnc(NC=O)c2)c1. The molecular formula is C25H29FN6O4. The smallest absolute Gasteiger partial charge is 0.319 e. The van der Waals surface area contributed by atoms with Gasteiger partial charge in [-0.05, 0) is 57.0 Å². The fraction of sp³-hybridized carbons (Fsp3) is 0.320. The highest BCUT2D eigenvalue weighted by atomic mass is 19.1. The Bertz CT molecular complexity index is 1220. The number of aromatic nitrogens is 3. The first-order valence-electron chi connectivity index (χ1n) is 11.3. The van der Waals surface area contributed by atoms with Crippen LogP contribution in [0.2, 0.25) is 0 Å². The average Bonchev–Trinajstić information content (AvgIpc) is 2.83. The van der Waals surface area contributed by atoms with Gasteiger partial charge in [0.05, 0.1) is 24.2 Å². The topological polar surface area (TPSA) is 138 Å². The summed E-state index contributed by atoms with van der Waals surface area (Å²) in [5.41, 5.74) is 2.42. The van der Waals surface area contributed by atoms with Crippen LogP contribution in [0.4, 0.5) is 20.7 Å². The Hall–Kier alpha value is -4.12. The molecule has 190 valence electrons. The van der Waals surface area contributed by atoms with Gasteiger partial charge in [0.1, 0.15) is 18.1 Å². The Kier molecular flexibility index (Phi) is 8.85. The molecule has 0 saturated carbocycles. The van der Waals surface area contributed by atoms with Crippen molar-refractivity contribution in [2.45, 2.75) is 32.9 Å². The summed E-state index contributed by atoms with van der Waals surface area (Å²) in [5, 5.41) is 17.0. The van der Waals surface area contributed by atoms with Gasteiger partial charge >= 0.3 is 6.03 Å². The van der Waals surface area contributed by atoms with Crippen LogP contribution < -0.4 is 20.7 Å².